The Kier molecular flexibility index (Phi) is 4.12. The SMILES string of the molecule is CN(Cc1cnoc1-c1ccc(Cl)s1)CC(O)C1CC1. The average molecular weight is 313 g/mol. The van der Waals surface area contributed by atoms with Crippen molar-refractivity contribution < 1.29 is 9.63 Å². The second-order valence-corrected chi connectivity index (χ2v) is 7.10. The molecule has 0 amide bonds. The Hall–Kier alpha value is -0.880. The molecule has 0 aliphatic heterocycles. The number of rotatable bonds is 6. The number of aliphatic hydroxyl groups is 1. The lowest BCUT2D eigenvalue weighted by molar-refractivity contribution is 0.104. The minimum absolute atomic E-state index is 0.223. The fourth-order valence-electron chi connectivity index (χ4n) is 2.32. The van der Waals surface area contributed by atoms with Gasteiger partial charge in [0.2, 0.25) is 0 Å². The first kappa shape index (κ1) is 14.1. The summed E-state index contributed by atoms with van der Waals surface area (Å²) < 4.78 is 6.08. The van der Waals surface area contributed by atoms with Crippen LogP contribution in [0.3, 0.4) is 0 Å². The lowest BCUT2D eigenvalue weighted by Crippen LogP contribution is -2.30. The van der Waals surface area contributed by atoms with Crippen LogP contribution in [0.25, 0.3) is 10.6 Å². The molecule has 6 heteroatoms. The van der Waals surface area contributed by atoms with E-state index in [1.54, 1.807) is 6.20 Å². The summed E-state index contributed by atoms with van der Waals surface area (Å²) in [7, 11) is 2.00. The van der Waals surface area contributed by atoms with Gasteiger partial charge in [-0.05, 0) is 37.9 Å². The Bertz CT molecular complexity index is 579. The van der Waals surface area contributed by atoms with Crippen LogP contribution in [0.15, 0.2) is 22.9 Å². The normalized spacial score (nSPS) is 16.8. The van der Waals surface area contributed by atoms with E-state index in [4.69, 9.17) is 16.1 Å². The fraction of sp³-hybridized carbons (Fsp3) is 0.500. The van der Waals surface area contributed by atoms with Crippen molar-refractivity contribution in [2.75, 3.05) is 13.6 Å². The zero-order valence-corrected chi connectivity index (χ0v) is 12.8. The number of likely N-dealkylation sites (N-methyl/N-ethyl adjacent to an activating group) is 1. The van der Waals surface area contributed by atoms with Gasteiger partial charge in [0.15, 0.2) is 5.76 Å². The van der Waals surface area contributed by atoms with E-state index < -0.39 is 0 Å². The molecule has 1 unspecified atom stereocenters. The van der Waals surface area contributed by atoms with E-state index in [2.05, 4.69) is 10.1 Å². The molecule has 0 aromatic carbocycles. The largest absolute Gasteiger partial charge is 0.392 e. The predicted octanol–water partition coefficient (Wildman–Crippen LogP) is 3.26. The van der Waals surface area contributed by atoms with Crippen molar-refractivity contribution in [2.24, 2.45) is 5.92 Å². The summed E-state index contributed by atoms with van der Waals surface area (Å²) in [5.41, 5.74) is 1.02. The van der Waals surface area contributed by atoms with E-state index in [1.165, 1.54) is 11.3 Å². The summed E-state index contributed by atoms with van der Waals surface area (Å²) >= 11 is 7.44. The van der Waals surface area contributed by atoms with Crippen molar-refractivity contribution in [3.8, 4) is 10.6 Å². The molecule has 1 aliphatic carbocycles. The van der Waals surface area contributed by atoms with Crippen molar-refractivity contribution in [3.05, 3.63) is 28.2 Å². The lowest BCUT2D eigenvalue weighted by Gasteiger charge is -2.19. The summed E-state index contributed by atoms with van der Waals surface area (Å²) in [6.07, 6.45) is 3.82. The molecule has 108 valence electrons. The van der Waals surface area contributed by atoms with Crippen LogP contribution in [-0.4, -0.2) is 34.9 Å². The monoisotopic (exact) mass is 312 g/mol. The highest BCUT2D eigenvalue weighted by Gasteiger charge is 2.30. The second-order valence-electron chi connectivity index (χ2n) is 5.39. The maximum atomic E-state index is 9.98. The zero-order chi connectivity index (χ0) is 14.1. The van der Waals surface area contributed by atoms with Gasteiger partial charge in [-0.25, -0.2) is 0 Å². The van der Waals surface area contributed by atoms with Crippen molar-refractivity contribution in [3.63, 3.8) is 0 Å². The Morgan fingerprint density at radius 1 is 1.55 bits per heavy atom. The Morgan fingerprint density at radius 2 is 2.35 bits per heavy atom. The highest BCUT2D eigenvalue weighted by molar-refractivity contribution is 7.19. The predicted molar refractivity (Wildman–Crippen MR) is 79.9 cm³/mol. The maximum Gasteiger partial charge on any atom is 0.181 e. The van der Waals surface area contributed by atoms with Gasteiger partial charge in [0.25, 0.3) is 0 Å². The first-order valence-corrected chi connectivity index (χ1v) is 7.89. The third-order valence-corrected chi connectivity index (χ3v) is 4.78. The van der Waals surface area contributed by atoms with Gasteiger partial charge in [-0.3, -0.25) is 4.90 Å². The van der Waals surface area contributed by atoms with E-state index in [9.17, 15) is 5.11 Å². The molecule has 4 nitrogen and oxygen atoms in total. The third-order valence-electron chi connectivity index (χ3n) is 3.55. The van der Waals surface area contributed by atoms with E-state index in [-0.39, 0.29) is 6.10 Å². The molecule has 1 aliphatic rings. The molecule has 0 bridgehead atoms. The number of aromatic nitrogens is 1. The summed E-state index contributed by atoms with van der Waals surface area (Å²) in [5, 5.41) is 13.9. The van der Waals surface area contributed by atoms with Gasteiger partial charge in [0.1, 0.15) is 0 Å². The van der Waals surface area contributed by atoms with Crippen LogP contribution in [0.1, 0.15) is 18.4 Å². The average Bonchev–Trinajstić information content (AvgIpc) is 3.02. The van der Waals surface area contributed by atoms with Crippen LogP contribution >= 0.6 is 22.9 Å². The molecule has 0 saturated heterocycles. The molecule has 1 saturated carbocycles. The minimum Gasteiger partial charge on any atom is -0.392 e. The van der Waals surface area contributed by atoms with Crippen LogP contribution in [0, 0.1) is 5.92 Å². The molecule has 1 N–H and O–H groups in total. The van der Waals surface area contributed by atoms with Gasteiger partial charge >= 0.3 is 0 Å². The molecule has 3 rings (SSSR count). The number of thiophene rings is 1. The first-order chi connectivity index (χ1) is 9.63. The Balaban J connectivity index is 1.66. The van der Waals surface area contributed by atoms with Gasteiger partial charge in [-0.15, -0.1) is 11.3 Å². The highest BCUT2D eigenvalue weighted by Crippen LogP contribution is 2.34. The molecule has 2 aromatic heterocycles. The van der Waals surface area contributed by atoms with E-state index >= 15 is 0 Å². The van der Waals surface area contributed by atoms with Crippen molar-refractivity contribution in [2.45, 2.75) is 25.5 Å². The van der Waals surface area contributed by atoms with Gasteiger partial charge in [-0.1, -0.05) is 16.8 Å². The number of hydrogen-bond donors (Lipinski definition) is 1. The molecule has 20 heavy (non-hydrogen) atoms. The lowest BCUT2D eigenvalue weighted by atomic mass is 10.2. The summed E-state index contributed by atoms with van der Waals surface area (Å²) in [4.78, 5) is 3.09. The molecule has 0 spiro atoms. The Morgan fingerprint density at radius 3 is 3.00 bits per heavy atom. The second kappa shape index (κ2) is 5.85. The van der Waals surface area contributed by atoms with Crippen LogP contribution in [0.2, 0.25) is 4.34 Å². The quantitative estimate of drug-likeness (QED) is 0.889. The molecule has 1 atom stereocenters. The number of halogens is 1. The van der Waals surface area contributed by atoms with Crippen LogP contribution < -0.4 is 0 Å². The van der Waals surface area contributed by atoms with Crippen molar-refractivity contribution in [1.82, 2.24) is 10.1 Å². The Labute approximate surface area is 127 Å². The van der Waals surface area contributed by atoms with Crippen molar-refractivity contribution >= 4 is 22.9 Å². The van der Waals surface area contributed by atoms with E-state index in [0.29, 0.717) is 19.0 Å². The number of nitrogens with zero attached hydrogens (tertiary/aromatic N) is 2. The summed E-state index contributed by atoms with van der Waals surface area (Å²) in [6.45, 7) is 1.39. The fourth-order valence-corrected chi connectivity index (χ4v) is 3.37. The molecule has 2 aromatic rings. The maximum absolute atomic E-state index is 9.98. The van der Waals surface area contributed by atoms with E-state index in [1.807, 2.05) is 19.2 Å². The standard InChI is InChI=1S/C14H17ClN2O2S/c1-17(8-11(18)9-2-3-9)7-10-6-16-19-14(10)12-4-5-13(15)20-12/h4-6,9,11,18H,2-3,7-8H2,1H3. The molecular weight excluding hydrogens is 296 g/mol. The third kappa shape index (κ3) is 3.23. The van der Waals surface area contributed by atoms with Crippen LogP contribution in [0.4, 0.5) is 0 Å². The summed E-state index contributed by atoms with van der Waals surface area (Å²) in [6, 6.07) is 3.80. The van der Waals surface area contributed by atoms with Gasteiger partial charge in [0.05, 0.1) is 21.5 Å². The zero-order valence-electron chi connectivity index (χ0n) is 11.3. The summed E-state index contributed by atoms with van der Waals surface area (Å²) in [5.74, 6) is 1.27. The van der Waals surface area contributed by atoms with Crippen LogP contribution in [-0.2, 0) is 6.54 Å². The van der Waals surface area contributed by atoms with Crippen molar-refractivity contribution in [1.29, 1.82) is 0 Å². The molecule has 0 radical (unpaired) electrons. The highest BCUT2D eigenvalue weighted by atomic mass is 35.5. The van der Waals surface area contributed by atoms with Gasteiger partial charge in [0, 0.05) is 18.7 Å². The number of hydrogen-bond acceptors (Lipinski definition) is 5. The minimum atomic E-state index is -0.223. The molecule has 2 heterocycles. The molecular formula is C14H17ClN2O2S. The molecule has 1 fully saturated rings. The van der Waals surface area contributed by atoms with Crippen LogP contribution in [0.5, 0.6) is 0 Å². The first-order valence-electron chi connectivity index (χ1n) is 6.69. The topological polar surface area (TPSA) is 49.5 Å². The van der Waals surface area contributed by atoms with Gasteiger partial charge < -0.3 is 9.63 Å². The number of aliphatic hydroxyl groups excluding tert-OH is 1. The van der Waals surface area contributed by atoms with Gasteiger partial charge in [-0.2, -0.15) is 0 Å². The smallest absolute Gasteiger partial charge is 0.181 e. The van der Waals surface area contributed by atoms with E-state index in [0.717, 1.165) is 33.4 Å².